The molecule has 0 amide bonds. The molecule has 0 radical (unpaired) electrons. The second-order valence-corrected chi connectivity index (χ2v) is 4.94. The molecule has 4 nitrogen and oxygen atoms in total. The molecule has 0 aliphatic carbocycles. The maximum absolute atomic E-state index is 5.52. The second kappa shape index (κ2) is 5.00. The van der Waals surface area contributed by atoms with Gasteiger partial charge in [-0.25, -0.2) is 0 Å². The fourth-order valence-corrected chi connectivity index (χ4v) is 2.48. The minimum Gasteiger partial charge on any atom is -0.462 e. The van der Waals surface area contributed by atoms with Crippen molar-refractivity contribution in [3.63, 3.8) is 0 Å². The molecule has 2 aromatic rings. The zero-order valence-electron chi connectivity index (χ0n) is 10.6. The summed E-state index contributed by atoms with van der Waals surface area (Å²) in [6.07, 6.45) is 1.80. The van der Waals surface area contributed by atoms with Crippen LogP contribution in [0.3, 0.4) is 0 Å². The molecule has 2 heterocycles. The van der Waals surface area contributed by atoms with Gasteiger partial charge in [0.15, 0.2) is 0 Å². The number of fused-ring (bicyclic) bond motifs is 1. The summed E-state index contributed by atoms with van der Waals surface area (Å²) in [5.74, 6) is 0. The van der Waals surface area contributed by atoms with E-state index in [1.54, 1.807) is 6.26 Å². The van der Waals surface area contributed by atoms with Gasteiger partial charge in [-0.1, -0.05) is 12.1 Å². The molecule has 1 saturated heterocycles. The smallest absolute Gasteiger partial charge is 0.136 e. The first-order chi connectivity index (χ1) is 8.83. The van der Waals surface area contributed by atoms with E-state index in [2.05, 4.69) is 28.6 Å². The van der Waals surface area contributed by atoms with Crippen LogP contribution in [0.25, 0.3) is 11.0 Å². The molecule has 1 aliphatic rings. The highest BCUT2D eigenvalue weighted by atomic mass is 16.3. The van der Waals surface area contributed by atoms with Crippen LogP contribution < -0.4 is 10.6 Å². The van der Waals surface area contributed by atoms with Gasteiger partial charge in [0.05, 0.1) is 5.69 Å². The standard InChI is InChI=1S/C14H19N3O/c1-17-7-6-15-11(9-17)8-16-13-10-18-14-5-3-2-4-12(13)14/h2-5,10-11,15-16H,6-9H2,1H3. The zero-order chi connectivity index (χ0) is 12.4. The van der Waals surface area contributed by atoms with Gasteiger partial charge >= 0.3 is 0 Å². The minimum atomic E-state index is 0.498. The maximum atomic E-state index is 5.52. The summed E-state index contributed by atoms with van der Waals surface area (Å²) in [6, 6.07) is 8.61. The predicted octanol–water partition coefficient (Wildman–Crippen LogP) is 1.75. The molecule has 0 bridgehead atoms. The SMILES string of the molecule is CN1CCNC(CNc2coc3ccccc23)C1. The monoisotopic (exact) mass is 245 g/mol. The minimum absolute atomic E-state index is 0.498. The molecule has 0 spiro atoms. The molecule has 1 fully saturated rings. The third-order valence-electron chi connectivity index (χ3n) is 3.48. The summed E-state index contributed by atoms with van der Waals surface area (Å²) in [5.41, 5.74) is 2.02. The topological polar surface area (TPSA) is 40.4 Å². The number of likely N-dealkylation sites (N-methyl/N-ethyl adjacent to an activating group) is 1. The van der Waals surface area contributed by atoms with Crippen molar-refractivity contribution in [1.29, 1.82) is 0 Å². The summed E-state index contributed by atoms with van der Waals surface area (Å²) < 4.78 is 5.52. The van der Waals surface area contributed by atoms with Crippen molar-refractivity contribution in [2.45, 2.75) is 6.04 Å². The normalized spacial score (nSPS) is 21.3. The lowest BCUT2D eigenvalue weighted by Gasteiger charge is -2.31. The first-order valence-corrected chi connectivity index (χ1v) is 6.45. The van der Waals surface area contributed by atoms with Crippen molar-refractivity contribution in [2.75, 3.05) is 38.5 Å². The number of anilines is 1. The maximum Gasteiger partial charge on any atom is 0.136 e. The van der Waals surface area contributed by atoms with Crippen LogP contribution in [-0.4, -0.2) is 44.2 Å². The fourth-order valence-electron chi connectivity index (χ4n) is 2.48. The molecule has 3 rings (SSSR count). The number of piperazine rings is 1. The highest BCUT2D eigenvalue weighted by molar-refractivity contribution is 5.90. The molecule has 2 N–H and O–H groups in total. The predicted molar refractivity (Wildman–Crippen MR) is 74.0 cm³/mol. The van der Waals surface area contributed by atoms with Crippen molar-refractivity contribution in [2.24, 2.45) is 0 Å². The number of hydrogen-bond donors (Lipinski definition) is 2. The number of hydrogen-bond acceptors (Lipinski definition) is 4. The van der Waals surface area contributed by atoms with E-state index >= 15 is 0 Å². The third-order valence-corrected chi connectivity index (χ3v) is 3.48. The van der Waals surface area contributed by atoms with E-state index < -0.39 is 0 Å². The van der Waals surface area contributed by atoms with Crippen LogP contribution in [0.15, 0.2) is 34.9 Å². The molecular formula is C14H19N3O. The van der Waals surface area contributed by atoms with Crippen molar-refractivity contribution in [1.82, 2.24) is 10.2 Å². The van der Waals surface area contributed by atoms with Crippen molar-refractivity contribution in [3.05, 3.63) is 30.5 Å². The Balaban J connectivity index is 1.66. The average Bonchev–Trinajstić information content (AvgIpc) is 2.80. The Hall–Kier alpha value is -1.52. The lowest BCUT2D eigenvalue weighted by molar-refractivity contribution is 0.244. The molecule has 1 aliphatic heterocycles. The van der Waals surface area contributed by atoms with Gasteiger partial charge in [-0.2, -0.15) is 0 Å². The molecule has 96 valence electrons. The second-order valence-electron chi connectivity index (χ2n) is 4.94. The molecule has 1 aromatic heterocycles. The molecule has 0 saturated carbocycles. The van der Waals surface area contributed by atoms with Gasteiger partial charge in [0.1, 0.15) is 11.8 Å². The summed E-state index contributed by atoms with van der Waals surface area (Å²) in [6.45, 7) is 4.21. The molecule has 1 aromatic carbocycles. The molecule has 18 heavy (non-hydrogen) atoms. The van der Waals surface area contributed by atoms with Gasteiger partial charge in [-0.05, 0) is 19.2 Å². The zero-order valence-corrected chi connectivity index (χ0v) is 10.6. The molecular weight excluding hydrogens is 226 g/mol. The number of furan rings is 1. The number of para-hydroxylation sites is 1. The third kappa shape index (κ3) is 2.35. The van der Waals surface area contributed by atoms with Gasteiger partial charge in [-0.15, -0.1) is 0 Å². The van der Waals surface area contributed by atoms with Crippen LogP contribution >= 0.6 is 0 Å². The van der Waals surface area contributed by atoms with E-state index in [0.717, 1.165) is 42.8 Å². The highest BCUT2D eigenvalue weighted by Gasteiger charge is 2.16. The Morgan fingerprint density at radius 1 is 1.44 bits per heavy atom. The molecule has 1 unspecified atom stereocenters. The Morgan fingerprint density at radius 3 is 3.22 bits per heavy atom. The number of nitrogens with zero attached hydrogens (tertiary/aromatic N) is 1. The Kier molecular flexibility index (Phi) is 3.21. The van der Waals surface area contributed by atoms with Gasteiger partial charge in [0, 0.05) is 37.6 Å². The first kappa shape index (κ1) is 11.6. The lowest BCUT2D eigenvalue weighted by Crippen LogP contribution is -2.51. The van der Waals surface area contributed by atoms with Crippen molar-refractivity contribution in [3.8, 4) is 0 Å². The van der Waals surface area contributed by atoms with Gasteiger partial charge < -0.3 is 20.0 Å². The Labute approximate surface area is 107 Å². The van der Waals surface area contributed by atoms with E-state index in [0.29, 0.717) is 6.04 Å². The summed E-state index contributed by atoms with van der Waals surface area (Å²) in [5, 5.41) is 8.15. The molecule has 4 heteroatoms. The number of rotatable bonds is 3. The molecule has 1 atom stereocenters. The summed E-state index contributed by atoms with van der Waals surface area (Å²) >= 11 is 0. The van der Waals surface area contributed by atoms with E-state index in [9.17, 15) is 0 Å². The van der Waals surface area contributed by atoms with E-state index in [1.807, 2.05) is 18.2 Å². The lowest BCUT2D eigenvalue weighted by atomic mass is 10.2. The van der Waals surface area contributed by atoms with Gasteiger partial charge in [0.25, 0.3) is 0 Å². The Morgan fingerprint density at radius 2 is 2.33 bits per heavy atom. The quantitative estimate of drug-likeness (QED) is 0.864. The number of benzene rings is 1. The first-order valence-electron chi connectivity index (χ1n) is 6.45. The highest BCUT2D eigenvalue weighted by Crippen LogP contribution is 2.25. The number of nitrogens with one attached hydrogen (secondary N) is 2. The van der Waals surface area contributed by atoms with E-state index in [1.165, 1.54) is 0 Å². The van der Waals surface area contributed by atoms with E-state index in [4.69, 9.17) is 4.42 Å². The average molecular weight is 245 g/mol. The van der Waals surface area contributed by atoms with Crippen LogP contribution in [0.2, 0.25) is 0 Å². The van der Waals surface area contributed by atoms with Crippen molar-refractivity contribution < 1.29 is 4.42 Å². The van der Waals surface area contributed by atoms with E-state index in [-0.39, 0.29) is 0 Å². The largest absolute Gasteiger partial charge is 0.462 e. The Bertz CT molecular complexity index is 522. The summed E-state index contributed by atoms with van der Waals surface area (Å²) in [4.78, 5) is 2.36. The van der Waals surface area contributed by atoms with Crippen LogP contribution in [0.1, 0.15) is 0 Å². The van der Waals surface area contributed by atoms with Gasteiger partial charge in [-0.3, -0.25) is 0 Å². The van der Waals surface area contributed by atoms with Crippen LogP contribution in [-0.2, 0) is 0 Å². The fraction of sp³-hybridized carbons (Fsp3) is 0.429. The van der Waals surface area contributed by atoms with Crippen molar-refractivity contribution >= 4 is 16.7 Å². The van der Waals surface area contributed by atoms with Crippen LogP contribution in [0.5, 0.6) is 0 Å². The van der Waals surface area contributed by atoms with Gasteiger partial charge in [0.2, 0.25) is 0 Å². The summed E-state index contributed by atoms with van der Waals surface area (Å²) in [7, 11) is 2.17. The van der Waals surface area contributed by atoms with Crippen LogP contribution in [0, 0.1) is 0 Å². The van der Waals surface area contributed by atoms with Crippen LogP contribution in [0.4, 0.5) is 5.69 Å².